The normalized spacial score (nSPS) is 9.69. The fraction of sp³-hybridized carbons (Fsp3) is 0.200. The summed E-state index contributed by atoms with van der Waals surface area (Å²) in [4.78, 5) is 0. The predicted molar refractivity (Wildman–Crippen MR) is 48.7 cm³/mol. The number of benzene rings is 1. The van der Waals surface area contributed by atoms with Gasteiger partial charge >= 0.3 is 0 Å². The molecular formula is C10H11FO2. The van der Waals surface area contributed by atoms with Gasteiger partial charge in [0.1, 0.15) is 17.3 Å². The molecule has 1 aromatic carbocycles. The molecule has 0 heterocycles. The first kappa shape index (κ1) is 9.58. The van der Waals surface area contributed by atoms with Gasteiger partial charge in [0.25, 0.3) is 0 Å². The molecule has 0 aliphatic heterocycles. The topological polar surface area (TPSA) is 29.5 Å². The van der Waals surface area contributed by atoms with Gasteiger partial charge in [-0.2, -0.15) is 0 Å². The molecule has 13 heavy (non-hydrogen) atoms. The summed E-state index contributed by atoms with van der Waals surface area (Å²) in [7, 11) is 0. The molecule has 0 aromatic heterocycles. The molecule has 70 valence electrons. The van der Waals surface area contributed by atoms with Crippen LogP contribution in [0.15, 0.2) is 24.8 Å². The lowest BCUT2D eigenvalue weighted by molar-refractivity contribution is 0.297. The van der Waals surface area contributed by atoms with Crippen molar-refractivity contribution in [3.63, 3.8) is 0 Å². The maximum atomic E-state index is 13.1. The first-order chi connectivity index (χ1) is 6.15. The van der Waals surface area contributed by atoms with Crippen LogP contribution in [-0.2, 0) is 4.74 Å². The summed E-state index contributed by atoms with van der Waals surface area (Å²) in [5, 5.41) is 8.94. The Morgan fingerprint density at radius 1 is 1.62 bits per heavy atom. The molecule has 0 radical (unpaired) electrons. The van der Waals surface area contributed by atoms with Crippen LogP contribution in [0.1, 0.15) is 12.5 Å². The highest BCUT2D eigenvalue weighted by atomic mass is 19.1. The Kier molecular flexibility index (Phi) is 2.90. The standard InChI is InChI=1S/C10H11FO2/c1-3-13-7(2)9-5-4-8(12)6-10(9)11/h4-6,12H,2-3H2,1H3. The summed E-state index contributed by atoms with van der Waals surface area (Å²) in [6, 6.07) is 3.85. The van der Waals surface area contributed by atoms with Gasteiger partial charge in [0, 0.05) is 6.07 Å². The molecule has 0 bridgehead atoms. The molecular weight excluding hydrogens is 171 g/mol. The van der Waals surface area contributed by atoms with E-state index in [-0.39, 0.29) is 17.1 Å². The Morgan fingerprint density at radius 2 is 2.31 bits per heavy atom. The van der Waals surface area contributed by atoms with Crippen molar-refractivity contribution in [2.24, 2.45) is 0 Å². The third-order valence-corrected chi connectivity index (χ3v) is 1.57. The van der Waals surface area contributed by atoms with Gasteiger partial charge in [0.05, 0.1) is 12.2 Å². The van der Waals surface area contributed by atoms with Crippen molar-refractivity contribution in [2.45, 2.75) is 6.92 Å². The van der Waals surface area contributed by atoms with Gasteiger partial charge in [0.15, 0.2) is 0 Å². The van der Waals surface area contributed by atoms with Crippen molar-refractivity contribution in [2.75, 3.05) is 6.61 Å². The van der Waals surface area contributed by atoms with Crippen LogP contribution >= 0.6 is 0 Å². The molecule has 0 amide bonds. The maximum Gasteiger partial charge on any atom is 0.137 e. The van der Waals surface area contributed by atoms with Crippen molar-refractivity contribution >= 4 is 5.76 Å². The average molecular weight is 182 g/mol. The van der Waals surface area contributed by atoms with Crippen LogP contribution in [0.25, 0.3) is 5.76 Å². The second-order valence-electron chi connectivity index (χ2n) is 2.52. The number of hydrogen-bond acceptors (Lipinski definition) is 2. The van der Waals surface area contributed by atoms with Crippen LogP contribution in [0, 0.1) is 5.82 Å². The number of hydrogen-bond donors (Lipinski definition) is 1. The highest BCUT2D eigenvalue weighted by Gasteiger charge is 2.06. The third-order valence-electron chi connectivity index (χ3n) is 1.57. The highest BCUT2D eigenvalue weighted by Crippen LogP contribution is 2.21. The smallest absolute Gasteiger partial charge is 0.137 e. The van der Waals surface area contributed by atoms with Crippen molar-refractivity contribution in [1.29, 1.82) is 0 Å². The summed E-state index contributed by atoms with van der Waals surface area (Å²) in [5.41, 5.74) is 0.277. The van der Waals surface area contributed by atoms with E-state index < -0.39 is 5.82 Å². The minimum absolute atomic E-state index is 0.106. The first-order valence-corrected chi connectivity index (χ1v) is 3.95. The summed E-state index contributed by atoms with van der Waals surface area (Å²) in [6.07, 6.45) is 0. The highest BCUT2D eigenvalue weighted by molar-refractivity contribution is 5.58. The monoisotopic (exact) mass is 182 g/mol. The molecule has 0 saturated carbocycles. The van der Waals surface area contributed by atoms with Crippen LogP contribution in [0.2, 0.25) is 0 Å². The van der Waals surface area contributed by atoms with Crippen LogP contribution in [0.5, 0.6) is 5.75 Å². The zero-order chi connectivity index (χ0) is 9.84. The van der Waals surface area contributed by atoms with Crippen LogP contribution < -0.4 is 0 Å². The molecule has 0 aliphatic carbocycles. The van der Waals surface area contributed by atoms with Gasteiger partial charge in [-0.15, -0.1) is 0 Å². The van der Waals surface area contributed by atoms with E-state index in [1.807, 2.05) is 0 Å². The molecule has 1 N–H and O–H groups in total. The van der Waals surface area contributed by atoms with Crippen molar-refractivity contribution in [3.8, 4) is 5.75 Å². The Morgan fingerprint density at radius 3 is 2.85 bits per heavy atom. The molecule has 0 spiro atoms. The predicted octanol–water partition coefficient (Wildman–Crippen LogP) is 2.54. The second-order valence-corrected chi connectivity index (χ2v) is 2.52. The van der Waals surface area contributed by atoms with E-state index in [9.17, 15) is 4.39 Å². The molecule has 1 rings (SSSR count). The molecule has 0 unspecified atom stereocenters. The van der Waals surface area contributed by atoms with E-state index in [1.54, 1.807) is 6.92 Å². The molecule has 1 aromatic rings. The van der Waals surface area contributed by atoms with Gasteiger partial charge in [-0.1, -0.05) is 6.58 Å². The Labute approximate surface area is 76.3 Å². The van der Waals surface area contributed by atoms with Crippen LogP contribution in [0.4, 0.5) is 4.39 Å². The lowest BCUT2D eigenvalue weighted by Crippen LogP contribution is -1.93. The maximum absolute atomic E-state index is 13.1. The largest absolute Gasteiger partial charge is 0.508 e. The van der Waals surface area contributed by atoms with E-state index in [0.29, 0.717) is 6.61 Å². The van der Waals surface area contributed by atoms with E-state index in [4.69, 9.17) is 9.84 Å². The first-order valence-electron chi connectivity index (χ1n) is 3.95. The van der Waals surface area contributed by atoms with E-state index in [1.165, 1.54) is 12.1 Å². The zero-order valence-corrected chi connectivity index (χ0v) is 7.38. The zero-order valence-electron chi connectivity index (χ0n) is 7.38. The Balaban J connectivity index is 2.95. The number of aromatic hydroxyl groups is 1. The number of phenolic OH excluding ortho intramolecular Hbond substituents is 1. The lowest BCUT2D eigenvalue weighted by atomic mass is 10.2. The fourth-order valence-electron chi connectivity index (χ4n) is 0.982. The van der Waals surface area contributed by atoms with Gasteiger partial charge in [-0.05, 0) is 19.1 Å². The summed E-state index contributed by atoms with van der Waals surface area (Å²) >= 11 is 0. The van der Waals surface area contributed by atoms with Gasteiger partial charge in [-0.3, -0.25) is 0 Å². The molecule has 0 atom stereocenters. The minimum atomic E-state index is -0.529. The summed E-state index contributed by atoms with van der Waals surface area (Å²) < 4.78 is 18.2. The van der Waals surface area contributed by atoms with E-state index in [2.05, 4.69) is 6.58 Å². The SMILES string of the molecule is C=C(OCC)c1ccc(O)cc1F. The van der Waals surface area contributed by atoms with Gasteiger partial charge in [-0.25, -0.2) is 4.39 Å². The Hall–Kier alpha value is -1.51. The second kappa shape index (κ2) is 3.94. The van der Waals surface area contributed by atoms with Crippen molar-refractivity contribution < 1.29 is 14.2 Å². The van der Waals surface area contributed by atoms with Crippen molar-refractivity contribution in [1.82, 2.24) is 0 Å². The van der Waals surface area contributed by atoms with Gasteiger partial charge in [0.2, 0.25) is 0 Å². The molecule has 0 aliphatic rings. The number of halogens is 1. The summed E-state index contributed by atoms with van der Waals surface area (Å²) in [6.45, 7) is 5.80. The van der Waals surface area contributed by atoms with E-state index in [0.717, 1.165) is 6.07 Å². The minimum Gasteiger partial charge on any atom is -0.508 e. The summed E-state index contributed by atoms with van der Waals surface area (Å²) in [5.74, 6) is -0.357. The number of ether oxygens (including phenoxy) is 1. The van der Waals surface area contributed by atoms with E-state index >= 15 is 0 Å². The Bertz CT molecular complexity index is 321. The fourth-order valence-corrected chi connectivity index (χ4v) is 0.982. The molecule has 0 saturated heterocycles. The molecule has 0 fully saturated rings. The van der Waals surface area contributed by atoms with Gasteiger partial charge < -0.3 is 9.84 Å². The number of phenols is 1. The third kappa shape index (κ3) is 2.21. The van der Waals surface area contributed by atoms with Crippen molar-refractivity contribution in [3.05, 3.63) is 36.2 Å². The lowest BCUT2D eigenvalue weighted by Gasteiger charge is -2.07. The molecule has 3 heteroatoms. The molecule has 2 nitrogen and oxygen atoms in total. The quantitative estimate of drug-likeness (QED) is 0.728. The van der Waals surface area contributed by atoms with Crippen LogP contribution in [0.3, 0.4) is 0 Å². The van der Waals surface area contributed by atoms with Crippen LogP contribution in [-0.4, -0.2) is 11.7 Å². The average Bonchev–Trinajstić information content (AvgIpc) is 2.04. The number of rotatable bonds is 3.